The third-order valence-electron chi connectivity index (χ3n) is 3.08. The van der Waals surface area contributed by atoms with Gasteiger partial charge in [-0.2, -0.15) is 4.98 Å². The van der Waals surface area contributed by atoms with Gasteiger partial charge in [-0.15, -0.1) is 0 Å². The summed E-state index contributed by atoms with van der Waals surface area (Å²) in [5.41, 5.74) is 7.31. The molecule has 0 saturated heterocycles. The van der Waals surface area contributed by atoms with Crippen molar-refractivity contribution >= 4 is 11.5 Å². The number of nitrogen functional groups attached to an aromatic ring is 1. The molecular formula is C14H16N4O3. The van der Waals surface area contributed by atoms with Crippen LogP contribution in [-0.4, -0.2) is 14.9 Å². The standard InChI is InChI=1S/C14H16N4O3/c1-8(2)11-5-4-10(6-9(11)3)21-14-12(18(19)20)13(15)16-7-17-14/h4-8H,1-3H3,(H2,15,16,17). The van der Waals surface area contributed by atoms with Crippen LogP contribution in [-0.2, 0) is 0 Å². The molecule has 0 spiro atoms. The van der Waals surface area contributed by atoms with Crippen LogP contribution in [0.4, 0.5) is 11.5 Å². The molecule has 110 valence electrons. The van der Waals surface area contributed by atoms with Gasteiger partial charge in [0.15, 0.2) is 0 Å². The molecule has 21 heavy (non-hydrogen) atoms. The summed E-state index contributed by atoms with van der Waals surface area (Å²) in [6.45, 7) is 6.16. The Balaban J connectivity index is 2.37. The predicted octanol–water partition coefficient (Wildman–Crippen LogP) is 3.19. The van der Waals surface area contributed by atoms with E-state index in [1.165, 1.54) is 5.56 Å². The third-order valence-corrected chi connectivity index (χ3v) is 3.08. The second-order valence-electron chi connectivity index (χ2n) is 4.94. The first-order chi connectivity index (χ1) is 9.90. The summed E-state index contributed by atoms with van der Waals surface area (Å²) in [6.07, 6.45) is 1.13. The molecule has 7 nitrogen and oxygen atoms in total. The van der Waals surface area contributed by atoms with Gasteiger partial charge in [0.2, 0.25) is 5.82 Å². The number of hydrogen-bond acceptors (Lipinski definition) is 6. The van der Waals surface area contributed by atoms with Crippen LogP contribution in [0.2, 0.25) is 0 Å². The van der Waals surface area contributed by atoms with Crippen LogP contribution >= 0.6 is 0 Å². The van der Waals surface area contributed by atoms with Gasteiger partial charge in [-0.3, -0.25) is 10.1 Å². The minimum atomic E-state index is -0.653. The lowest BCUT2D eigenvalue weighted by Gasteiger charge is -2.12. The van der Waals surface area contributed by atoms with Gasteiger partial charge in [0.05, 0.1) is 4.92 Å². The number of anilines is 1. The van der Waals surface area contributed by atoms with Gasteiger partial charge in [0.25, 0.3) is 0 Å². The summed E-state index contributed by atoms with van der Waals surface area (Å²) in [4.78, 5) is 17.7. The summed E-state index contributed by atoms with van der Waals surface area (Å²) >= 11 is 0. The van der Waals surface area contributed by atoms with Gasteiger partial charge in [-0.05, 0) is 36.1 Å². The van der Waals surface area contributed by atoms with Crippen LogP contribution in [0.1, 0.15) is 30.9 Å². The number of rotatable bonds is 4. The highest BCUT2D eigenvalue weighted by Crippen LogP contribution is 2.33. The van der Waals surface area contributed by atoms with Crippen LogP contribution in [0.3, 0.4) is 0 Å². The number of hydrogen-bond donors (Lipinski definition) is 1. The minimum Gasteiger partial charge on any atom is -0.434 e. The summed E-state index contributed by atoms with van der Waals surface area (Å²) in [6, 6.07) is 5.51. The van der Waals surface area contributed by atoms with Crippen molar-refractivity contribution in [3.8, 4) is 11.6 Å². The van der Waals surface area contributed by atoms with Crippen LogP contribution in [0.15, 0.2) is 24.5 Å². The van der Waals surface area contributed by atoms with Gasteiger partial charge < -0.3 is 10.5 Å². The zero-order chi connectivity index (χ0) is 15.6. The molecule has 0 bridgehead atoms. The Bertz CT molecular complexity index is 686. The highest BCUT2D eigenvalue weighted by Gasteiger charge is 2.23. The van der Waals surface area contributed by atoms with Gasteiger partial charge in [0, 0.05) is 0 Å². The molecule has 2 N–H and O–H groups in total. The summed E-state index contributed by atoms with van der Waals surface area (Å²) < 4.78 is 5.49. The van der Waals surface area contributed by atoms with Crippen molar-refractivity contribution < 1.29 is 9.66 Å². The Morgan fingerprint density at radius 2 is 2.05 bits per heavy atom. The molecule has 2 rings (SSSR count). The number of nitrogens with two attached hydrogens (primary N) is 1. The summed E-state index contributed by atoms with van der Waals surface area (Å²) in [5.74, 6) is 0.478. The first-order valence-electron chi connectivity index (χ1n) is 6.43. The highest BCUT2D eigenvalue weighted by atomic mass is 16.6. The van der Waals surface area contributed by atoms with Crippen molar-refractivity contribution in [2.75, 3.05) is 5.73 Å². The second kappa shape index (κ2) is 5.74. The molecule has 1 aromatic heterocycles. The maximum atomic E-state index is 11.0. The lowest BCUT2D eigenvalue weighted by Crippen LogP contribution is -2.03. The van der Waals surface area contributed by atoms with Gasteiger partial charge in [-0.25, -0.2) is 4.98 Å². The van der Waals surface area contributed by atoms with Crippen molar-refractivity contribution in [2.24, 2.45) is 0 Å². The van der Waals surface area contributed by atoms with E-state index in [4.69, 9.17) is 10.5 Å². The molecule has 0 unspecified atom stereocenters. The Kier molecular flexibility index (Phi) is 4.02. The van der Waals surface area contributed by atoms with E-state index < -0.39 is 10.6 Å². The van der Waals surface area contributed by atoms with Crippen molar-refractivity contribution in [3.05, 3.63) is 45.8 Å². The Hall–Kier alpha value is -2.70. The van der Waals surface area contributed by atoms with E-state index in [1.807, 2.05) is 19.1 Å². The molecule has 0 aliphatic rings. The normalized spacial score (nSPS) is 10.7. The number of nitrogens with zero attached hydrogens (tertiary/aromatic N) is 3. The summed E-state index contributed by atoms with van der Waals surface area (Å²) in [5, 5.41) is 11.0. The molecule has 0 amide bonds. The zero-order valence-corrected chi connectivity index (χ0v) is 12.0. The van der Waals surface area contributed by atoms with E-state index in [-0.39, 0.29) is 11.7 Å². The molecule has 0 radical (unpaired) electrons. The van der Waals surface area contributed by atoms with Crippen LogP contribution in [0.25, 0.3) is 0 Å². The number of benzene rings is 1. The monoisotopic (exact) mass is 288 g/mol. The van der Waals surface area contributed by atoms with Gasteiger partial charge >= 0.3 is 11.6 Å². The molecule has 0 saturated carbocycles. The van der Waals surface area contributed by atoms with Gasteiger partial charge in [0.1, 0.15) is 12.1 Å². The fourth-order valence-electron chi connectivity index (χ4n) is 2.09. The molecule has 0 fully saturated rings. The molecule has 0 aliphatic heterocycles. The van der Waals surface area contributed by atoms with E-state index in [0.29, 0.717) is 11.7 Å². The quantitative estimate of drug-likeness (QED) is 0.684. The lowest BCUT2D eigenvalue weighted by molar-refractivity contribution is -0.385. The smallest absolute Gasteiger partial charge is 0.372 e. The lowest BCUT2D eigenvalue weighted by atomic mass is 9.98. The average molecular weight is 288 g/mol. The molecule has 2 aromatic rings. The van der Waals surface area contributed by atoms with Crippen LogP contribution < -0.4 is 10.5 Å². The fourth-order valence-corrected chi connectivity index (χ4v) is 2.09. The largest absolute Gasteiger partial charge is 0.434 e. The molecule has 0 atom stereocenters. The van der Waals surface area contributed by atoms with Crippen LogP contribution in [0.5, 0.6) is 11.6 Å². The maximum absolute atomic E-state index is 11.0. The predicted molar refractivity (Wildman–Crippen MR) is 78.4 cm³/mol. The summed E-state index contributed by atoms with van der Waals surface area (Å²) in [7, 11) is 0. The first-order valence-corrected chi connectivity index (χ1v) is 6.43. The Morgan fingerprint density at radius 1 is 1.33 bits per heavy atom. The third kappa shape index (κ3) is 3.07. The molecular weight excluding hydrogens is 272 g/mol. The molecule has 7 heteroatoms. The molecule has 1 aromatic carbocycles. The molecule has 1 heterocycles. The van der Waals surface area contributed by atoms with Crippen molar-refractivity contribution in [3.63, 3.8) is 0 Å². The number of aromatic nitrogens is 2. The van der Waals surface area contributed by atoms with Crippen molar-refractivity contribution in [1.29, 1.82) is 0 Å². The van der Waals surface area contributed by atoms with E-state index in [0.717, 1.165) is 11.9 Å². The van der Waals surface area contributed by atoms with E-state index in [2.05, 4.69) is 23.8 Å². The minimum absolute atomic E-state index is 0.163. The van der Waals surface area contributed by atoms with Crippen molar-refractivity contribution in [1.82, 2.24) is 9.97 Å². The van der Waals surface area contributed by atoms with E-state index in [1.54, 1.807) is 6.07 Å². The van der Waals surface area contributed by atoms with E-state index >= 15 is 0 Å². The van der Waals surface area contributed by atoms with E-state index in [9.17, 15) is 10.1 Å². The number of ether oxygens (including phenoxy) is 1. The highest BCUT2D eigenvalue weighted by molar-refractivity contribution is 5.58. The average Bonchev–Trinajstić information content (AvgIpc) is 2.37. The fraction of sp³-hybridized carbons (Fsp3) is 0.286. The first kappa shape index (κ1) is 14.7. The SMILES string of the molecule is Cc1cc(Oc2ncnc(N)c2[N+](=O)[O-])ccc1C(C)C. The maximum Gasteiger partial charge on any atom is 0.372 e. The number of nitro groups is 1. The van der Waals surface area contributed by atoms with Crippen LogP contribution in [0, 0.1) is 17.0 Å². The zero-order valence-electron chi connectivity index (χ0n) is 12.0. The Labute approximate surface area is 121 Å². The topological polar surface area (TPSA) is 104 Å². The molecule has 0 aliphatic carbocycles. The van der Waals surface area contributed by atoms with Crippen molar-refractivity contribution in [2.45, 2.75) is 26.7 Å². The number of aryl methyl sites for hydroxylation is 1. The second-order valence-corrected chi connectivity index (χ2v) is 4.94. The van der Waals surface area contributed by atoms with Gasteiger partial charge in [-0.1, -0.05) is 19.9 Å². The Morgan fingerprint density at radius 3 is 2.62 bits per heavy atom.